The highest BCUT2D eigenvalue weighted by atomic mass is 16.6. The Hall–Kier alpha value is -4.05. The van der Waals surface area contributed by atoms with Gasteiger partial charge in [0.2, 0.25) is 5.78 Å². The van der Waals surface area contributed by atoms with E-state index in [2.05, 4.69) is 0 Å². The molecule has 1 aromatic heterocycles. The number of para-hydroxylation sites is 1. The van der Waals surface area contributed by atoms with Crippen molar-refractivity contribution in [2.24, 2.45) is 0 Å². The number of Topliss-reactive ketones (excluding diaryl/α,β-unsaturated/α-hetero) is 1. The molecule has 0 fully saturated rings. The number of hydrogen-bond acceptors (Lipinski definition) is 9. The average molecular weight is 465 g/mol. The fourth-order valence-corrected chi connectivity index (χ4v) is 5.38. The van der Waals surface area contributed by atoms with Crippen molar-refractivity contribution in [2.75, 3.05) is 14.2 Å². The lowest BCUT2D eigenvalue weighted by Gasteiger charge is -2.43. The van der Waals surface area contributed by atoms with E-state index in [0.29, 0.717) is 27.6 Å². The van der Waals surface area contributed by atoms with Crippen molar-refractivity contribution in [1.82, 2.24) is 4.74 Å². The molecule has 0 radical (unpaired) electrons. The number of benzene rings is 2. The van der Waals surface area contributed by atoms with Crippen LogP contribution in [0.4, 0.5) is 0 Å². The van der Waals surface area contributed by atoms with Crippen LogP contribution in [0.5, 0.6) is 11.5 Å². The van der Waals surface area contributed by atoms with E-state index >= 15 is 0 Å². The zero-order valence-electron chi connectivity index (χ0n) is 18.2. The molecule has 3 heterocycles. The number of carbonyl (C=O) groups is 2. The lowest BCUT2D eigenvalue weighted by Crippen LogP contribution is -2.61. The standard InChI is InChI=1S/C24H19NO9/c1-31-13-6-7-15(26)24(23(30)32-2)18(13)21(28)17-14(33-24)8-10-9-25-19-11(16(10)20(17)27)4-3-5-12(19)22(29)34-25/h3-5,8,15,26-27H,6-7,9H2,1-2H3/t15-,24-/m1/s1. The van der Waals surface area contributed by atoms with Crippen LogP contribution in [-0.4, -0.2) is 52.6 Å². The molecule has 174 valence electrons. The molecule has 0 unspecified atom stereocenters. The van der Waals surface area contributed by atoms with Crippen LogP contribution in [-0.2, 0) is 20.8 Å². The van der Waals surface area contributed by atoms with Gasteiger partial charge in [0.1, 0.15) is 28.9 Å². The molecule has 2 aromatic carbocycles. The van der Waals surface area contributed by atoms with Gasteiger partial charge < -0.3 is 28.9 Å². The van der Waals surface area contributed by atoms with E-state index in [1.807, 2.05) is 0 Å². The molecule has 10 nitrogen and oxygen atoms in total. The number of methoxy groups -OCH3 is 2. The van der Waals surface area contributed by atoms with Crippen LogP contribution in [0.25, 0.3) is 22.0 Å². The van der Waals surface area contributed by atoms with Crippen molar-refractivity contribution in [3.05, 3.63) is 57.1 Å². The number of ether oxygens (including phenoxy) is 3. The normalized spacial score (nSPS) is 22.6. The monoisotopic (exact) mass is 465 g/mol. The fourth-order valence-electron chi connectivity index (χ4n) is 5.38. The van der Waals surface area contributed by atoms with Crippen molar-refractivity contribution in [2.45, 2.75) is 31.1 Å². The van der Waals surface area contributed by atoms with E-state index in [0.717, 1.165) is 7.11 Å². The van der Waals surface area contributed by atoms with Crippen LogP contribution < -0.4 is 10.4 Å². The first-order valence-corrected chi connectivity index (χ1v) is 10.6. The summed E-state index contributed by atoms with van der Waals surface area (Å²) in [6.45, 7) is 0.0866. The van der Waals surface area contributed by atoms with Gasteiger partial charge in [0.15, 0.2) is 0 Å². The molecule has 2 aliphatic heterocycles. The van der Waals surface area contributed by atoms with Gasteiger partial charge in [-0.15, -0.1) is 0 Å². The smallest absolute Gasteiger partial charge is 0.365 e. The number of aromatic nitrogens is 1. The molecular weight excluding hydrogens is 446 g/mol. The first kappa shape index (κ1) is 20.5. The van der Waals surface area contributed by atoms with E-state index in [1.165, 1.54) is 17.9 Å². The number of allylic oxidation sites excluding steroid dienone is 1. The van der Waals surface area contributed by atoms with Crippen LogP contribution in [0.15, 0.2) is 44.9 Å². The number of fused-ring (bicyclic) bond motifs is 4. The Bertz CT molecular complexity index is 1530. The highest BCUT2D eigenvalue weighted by molar-refractivity contribution is 6.20. The summed E-state index contributed by atoms with van der Waals surface area (Å²) >= 11 is 0. The van der Waals surface area contributed by atoms with Gasteiger partial charge in [0.05, 0.1) is 37.2 Å². The van der Waals surface area contributed by atoms with Gasteiger partial charge >= 0.3 is 11.6 Å². The highest BCUT2D eigenvalue weighted by Gasteiger charge is 2.61. The number of phenolic OH excluding ortho intramolecular Hbond substituents is 1. The lowest BCUT2D eigenvalue weighted by atomic mass is 9.73. The van der Waals surface area contributed by atoms with Crippen LogP contribution in [0.1, 0.15) is 28.8 Å². The maximum Gasteiger partial charge on any atom is 0.365 e. The second-order valence-corrected chi connectivity index (χ2v) is 8.46. The summed E-state index contributed by atoms with van der Waals surface area (Å²) < 4.78 is 23.1. The molecule has 10 heteroatoms. The lowest BCUT2D eigenvalue weighted by molar-refractivity contribution is -0.167. The molecule has 6 rings (SSSR count). The van der Waals surface area contributed by atoms with Crippen LogP contribution in [0.2, 0.25) is 0 Å². The maximum atomic E-state index is 13.8. The van der Waals surface area contributed by atoms with E-state index in [4.69, 9.17) is 18.7 Å². The Morgan fingerprint density at radius 3 is 2.76 bits per heavy atom. The molecule has 0 saturated carbocycles. The fraction of sp³-hybridized carbons (Fsp3) is 0.292. The van der Waals surface area contributed by atoms with E-state index in [9.17, 15) is 24.6 Å². The Morgan fingerprint density at radius 1 is 1.24 bits per heavy atom. The summed E-state index contributed by atoms with van der Waals surface area (Å²) in [5, 5.41) is 22.6. The molecule has 1 aliphatic carbocycles. The first-order chi connectivity index (χ1) is 16.3. The highest BCUT2D eigenvalue weighted by Crippen LogP contribution is 2.52. The summed E-state index contributed by atoms with van der Waals surface area (Å²) in [6.07, 6.45) is -1.09. The Labute approximate surface area is 191 Å². The van der Waals surface area contributed by atoms with Gasteiger partial charge in [-0.2, -0.15) is 0 Å². The quantitative estimate of drug-likeness (QED) is 0.425. The minimum Gasteiger partial charge on any atom is -0.506 e. The predicted molar refractivity (Wildman–Crippen MR) is 116 cm³/mol. The Morgan fingerprint density at radius 2 is 2.03 bits per heavy atom. The van der Waals surface area contributed by atoms with E-state index in [1.54, 1.807) is 18.2 Å². The molecule has 3 aromatic rings. The van der Waals surface area contributed by atoms with E-state index in [-0.39, 0.29) is 47.8 Å². The zero-order chi connectivity index (χ0) is 23.9. The van der Waals surface area contributed by atoms with Crippen molar-refractivity contribution in [3.8, 4) is 22.6 Å². The van der Waals surface area contributed by atoms with Crippen molar-refractivity contribution >= 4 is 22.7 Å². The molecule has 0 saturated heterocycles. The number of rotatable bonds is 2. The molecule has 0 bridgehead atoms. The summed E-state index contributed by atoms with van der Waals surface area (Å²) in [4.78, 5) is 39.1. The molecule has 0 spiro atoms. The van der Waals surface area contributed by atoms with Gasteiger partial charge in [-0.1, -0.05) is 12.1 Å². The second kappa shape index (κ2) is 6.73. The summed E-state index contributed by atoms with van der Waals surface area (Å²) in [5.41, 5.74) is -1.11. The third-order valence-electron chi connectivity index (χ3n) is 6.85. The predicted octanol–water partition coefficient (Wildman–Crippen LogP) is 1.87. The third kappa shape index (κ3) is 2.30. The van der Waals surface area contributed by atoms with Crippen LogP contribution >= 0.6 is 0 Å². The number of hydrogen-bond donors (Lipinski definition) is 2. The first-order valence-electron chi connectivity index (χ1n) is 10.6. The minimum atomic E-state index is -2.14. The summed E-state index contributed by atoms with van der Waals surface area (Å²) in [6, 6.07) is 6.52. The number of aliphatic hydroxyl groups excluding tert-OH is 1. The van der Waals surface area contributed by atoms with Crippen molar-refractivity contribution in [1.29, 1.82) is 0 Å². The number of nitrogens with zero attached hydrogens (tertiary/aromatic N) is 1. The van der Waals surface area contributed by atoms with Gasteiger partial charge in [-0.05, 0) is 24.1 Å². The summed E-state index contributed by atoms with van der Waals surface area (Å²) in [5.74, 6) is -1.92. The van der Waals surface area contributed by atoms with Crippen molar-refractivity contribution in [3.63, 3.8) is 0 Å². The average Bonchev–Trinajstić information content (AvgIpc) is 3.15. The second-order valence-electron chi connectivity index (χ2n) is 8.46. The number of phenols is 1. The third-order valence-corrected chi connectivity index (χ3v) is 6.85. The molecule has 0 amide bonds. The molecular formula is C24H19NO9. The number of aliphatic hydroxyl groups is 1. The minimum absolute atomic E-state index is 0.0862. The number of aromatic hydroxyl groups is 1. The van der Waals surface area contributed by atoms with Crippen molar-refractivity contribution < 1.29 is 38.5 Å². The van der Waals surface area contributed by atoms with Gasteiger partial charge in [-0.25, -0.2) is 14.3 Å². The molecule has 34 heavy (non-hydrogen) atoms. The zero-order valence-corrected chi connectivity index (χ0v) is 18.2. The van der Waals surface area contributed by atoms with E-state index < -0.39 is 29.1 Å². The van der Waals surface area contributed by atoms with Gasteiger partial charge in [0, 0.05) is 17.5 Å². The largest absolute Gasteiger partial charge is 0.506 e. The Kier molecular flexibility index (Phi) is 4.07. The summed E-state index contributed by atoms with van der Waals surface area (Å²) in [7, 11) is 2.49. The van der Waals surface area contributed by atoms with Crippen LogP contribution in [0.3, 0.4) is 0 Å². The topological polar surface area (TPSA) is 137 Å². The molecule has 2 N–H and O–H groups in total. The number of ketones is 1. The van der Waals surface area contributed by atoms with Crippen LogP contribution in [0, 0.1) is 0 Å². The molecule has 3 aliphatic rings. The number of carbonyl (C=O) groups excluding carboxylic acids is 2. The SMILES string of the molecule is COC(=O)[C@]12Oc3cc4c(c(O)c3C(=O)C1=C(OC)CC[C@H]2O)-c1cccc2c(=O)on(c12)C4. The number of esters is 1. The Balaban J connectivity index is 1.66. The van der Waals surface area contributed by atoms with Gasteiger partial charge in [0.25, 0.3) is 5.60 Å². The molecule has 2 atom stereocenters. The van der Waals surface area contributed by atoms with Gasteiger partial charge in [-0.3, -0.25) is 4.79 Å². The maximum absolute atomic E-state index is 13.8.